The molecular weight excluding hydrogens is 114 g/mol. The Morgan fingerprint density at radius 1 is 1.71 bits per heavy atom. The molecule has 2 nitrogen and oxygen atoms in total. The van der Waals surface area contributed by atoms with Crippen molar-refractivity contribution in [2.24, 2.45) is 5.73 Å². The molecule has 0 aromatic rings. The van der Waals surface area contributed by atoms with E-state index >= 15 is 0 Å². The Labute approximate surface area is 48.8 Å². The van der Waals surface area contributed by atoms with Gasteiger partial charge in [0, 0.05) is 0 Å². The minimum absolute atomic E-state index is 0. The van der Waals surface area contributed by atoms with Crippen LogP contribution in [0, 0.1) is 0 Å². The second-order valence-electron chi connectivity index (χ2n) is 0.949. The van der Waals surface area contributed by atoms with E-state index in [1.54, 1.807) is 0 Å². The van der Waals surface area contributed by atoms with E-state index in [1.165, 1.54) is 6.08 Å². The molecule has 0 spiro atoms. The van der Waals surface area contributed by atoms with Gasteiger partial charge in [-0.15, -0.1) is 19.0 Å². The topological polar surface area (TPSA) is 43.1 Å². The van der Waals surface area contributed by atoms with Crippen molar-refractivity contribution < 1.29 is 4.79 Å². The quantitative estimate of drug-likeness (QED) is 0.417. The lowest BCUT2D eigenvalue weighted by molar-refractivity contribution is -0.108. The molecule has 0 amide bonds. The van der Waals surface area contributed by atoms with Gasteiger partial charge < -0.3 is 10.5 Å². The first-order valence-electron chi connectivity index (χ1n) is 1.64. The lowest BCUT2D eigenvalue weighted by Crippen LogP contribution is -2.16. The predicted molar refractivity (Wildman–Crippen MR) is 31.5 cm³/mol. The van der Waals surface area contributed by atoms with Crippen molar-refractivity contribution >= 4 is 18.7 Å². The van der Waals surface area contributed by atoms with Gasteiger partial charge in [0.25, 0.3) is 0 Å². The number of rotatable bonds is 2. The van der Waals surface area contributed by atoms with Crippen molar-refractivity contribution in [1.29, 1.82) is 0 Å². The van der Waals surface area contributed by atoms with E-state index in [4.69, 9.17) is 5.73 Å². The van der Waals surface area contributed by atoms with Crippen LogP contribution in [0.4, 0.5) is 0 Å². The van der Waals surface area contributed by atoms with Gasteiger partial charge in [-0.3, -0.25) is 0 Å². The lowest BCUT2D eigenvalue weighted by atomic mass is 10.4. The van der Waals surface area contributed by atoms with Crippen LogP contribution < -0.4 is 5.73 Å². The van der Waals surface area contributed by atoms with E-state index in [-0.39, 0.29) is 12.4 Å². The van der Waals surface area contributed by atoms with E-state index in [9.17, 15) is 4.79 Å². The maximum atomic E-state index is 9.54. The van der Waals surface area contributed by atoms with Crippen LogP contribution >= 0.6 is 12.4 Å². The molecule has 0 bridgehead atoms. The SMILES string of the molecule is C=CC(N)C=O.Cl. The molecule has 2 N–H and O–H groups in total. The number of carbonyl (C=O) groups is 1. The van der Waals surface area contributed by atoms with Crippen molar-refractivity contribution in [3.05, 3.63) is 12.7 Å². The molecule has 0 radical (unpaired) electrons. The Balaban J connectivity index is 0. The monoisotopic (exact) mass is 121 g/mol. The third-order valence-corrected chi connectivity index (χ3v) is 0.429. The molecule has 0 heterocycles. The highest BCUT2D eigenvalue weighted by atomic mass is 35.5. The fourth-order valence-electron chi connectivity index (χ4n) is 0.0556. The summed E-state index contributed by atoms with van der Waals surface area (Å²) in [4.78, 5) is 9.54. The average molecular weight is 122 g/mol. The lowest BCUT2D eigenvalue weighted by Gasteiger charge is -1.85. The smallest absolute Gasteiger partial charge is 0.140 e. The highest BCUT2D eigenvalue weighted by Crippen LogP contribution is 1.65. The zero-order valence-corrected chi connectivity index (χ0v) is 4.65. The van der Waals surface area contributed by atoms with Gasteiger partial charge in [-0.1, -0.05) is 6.08 Å². The van der Waals surface area contributed by atoms with Crippen LogP contribution in [-0.2, 0) is 4.79 Å². The molecule has 0 aromatic heterocycles. The number of aldehydes is 1. The molecule has 0 aliphatic heterocycles. The molecule has 0 aromatic carbocycles. The number of halogens is 1. The molecule has 3 heteroatoms. The summed E-state index contributed by atoms with van der Waals surface area (Å²) in [5, 5.41) is 0. The molecular formula is C4H8ClNO. The van der Waals surface area contributed by atoms with Crippen molar-refractivity contribution in [3.8, 4) is 0 Å². The maximum absolute atomic E-state index is 9.54. The summed E-state index contributed by atoms with van der Waals surface area (Å²) in [5.41, 5.74) is 4.99. The maximum Gasteiger partial charge on any atom is 0.140 e. The van der Waals surface area contributed by atoms with Gasteiger partial charge in [-0.2, -0.15) is 0 Å². The fourth-order valence-corrected chi connectivity index (χ4v) is 0.0556. The zero-order valence-electron chi connectivity index (χ0n) is 3.83. The second-order valence-corrected chi connectivity index (χ2v) is 0.949. The first kappa shape index (κ1) is 9.83. The van der Waals surface area contributed by atoms with Crippen LogP contribution in [0.25, 0.3) is 0 Å². The Kier molecular flexibility index (Phi) is 7.94. The van der Waals surface area contributed by atoms with E-state index < -0.39 is 6.04 Å². The third kappa shape index (κ3) is 5.66. The number of hydrogen-bond acceptors (Lipinski definition) is 2. The minimum Gasteiger partial charge on any atom is -0.319 e. The summed E-state index contributed by atoms with van der Waals surface area (Å²) < 4.78 is 0. The minimum atomic E-state index is -0.481. The Bertz CT molecular complexity index is 56.7. The van der Waals surface area contributed by atoms with Gasteiger partial charge >= 0.3 is 0 Å². The molecule has 0 aliphatic rings. The van der Waals surface area contributed by atoms with Crippen molar-refractivity contribution in [1.82, 2.24) is 0 Å². The predicted octanol–water partition coefficient (Wildman–Crippen LogP) is 0.120. The zero-order chi connectivity index (χ0) is 4.99. The third-order valence-electron chi connectivity index (χ3n) is 0.429. The second kappa shape index (κ2) is 5.66. The summed E-state index contributed by atoms with van der Waals surface area (Å²) in [5.74, 6) is 0. The van der Waals surface area contributed by atoms with Crippen LogP contribution in [0.1, 0.15) is 0 Å². The van der Waals surface area contributed by atoms with E-state index in [1.807, 2.05) is 0 Å². The molecule has 7 heavy (non-hydrogen) atoms. The summed E-state index contributed by atoms with van der Waals surface area (Å²) in [6.07, 6.45) is 2.01. The molecule has 0 rings (SSSR count). The average Bonchev–Trinajstić information content (AvgIpc) is 1.65. The first-order chi connectivity index (χ1) is 2.81. The highest BCUT2D eigenvalue weighted by molar-refractivity contribution is 5.85. The summed E-state index contributed by atoms with van der Waals surface area (Å²) in [7, 11) is 0. The van der Waals surface area contributed by atoms with Crippen molar-refractivity contribution in [2.45, 2.75) is 6.04 Å². The van der Waals surface area contributed by atoms with E-state index in [0.29, 0.717) is 6.29 Å². The molecule has 42 valence electrons. The summed E-state index contributed by atoms with van der Waals surface area (Å²) in [6.45, 7) is 3.28. The van der Waals surface area contributed by atoms with Gasteiger partial charge in [-0.25, -0.2) is 0 Å². The normalized spacial score (nSPS) is 11.0. The van der Waals surface area contributed by atoms with Gasteiger partial charge in [0.05, 0.1) is 6.04 Å². The van der Waals surface area contributed by atoms with E-state index in [2.05, 4.69) is 6.58 Å². The van der Waals surface area contributed by atoms with Crippen molar-refractivity contribution in [3.63, 3.8) is 0 Å². The molecule has 0 saturated heterocycles. The molecule has 1 unspecified atom stereocenters. The summed E-state index contributed by atoms with van der Waals surface area (Å²) >= 11 is 0. The van der Waals surface area contributed by atoms with Crippen LogP contribution in [0.15, 0.2) is 12.7 Å². The van der Waals surface area contributed by atoms with Crippen LogP contribution in [-0.4, -0.2) is 12.3 Å². The van der Waals surface area contributed by atoms with Crippen molar-refractivity contribution in [2.75, 3.05) is 0 Å². The molecule has 1 atom stereocenters. The summed E-state index contributed by atoms with van der Waals surface area (Å²) in [6, 6.07) is -0.481. The number of hydrogen-bond donors (Lipinski definition) is 1. The Morgan fingerprint density at radius 3 is 2.14 bits per heavy atom. The molecule has 0 fully saturated rings. The first-order valence-corrected chi connectivity index (χ1v) is 1.64. The van der Waals surface area contributed by atoms with Crippen LogP contribution in [0.5, 0.6) is 0 Å². The fraction of sp³-hybridized carbons (Fsp3) is 0.250. The standard InChI is InChI=1S/C4H7NO.ClH/c1-2-4(5)3-6;/h2-4H,1,5H2;1H. The number of carbonyl (C=O) groups excluding carboxylic acids is 1. The van der Waals surface area contributed by atoms with Crippen LogP contribution in [0.3, 0.4) is 0 Å². The van der Waals surface area contributed by atoms with Gasteiger partial charge in [0.2, 0.25) is 0 Å². The number of nitrogens with two attached hydrogens (primary N) is 1. The molecule has 0 aliphatic carbocycles. The highest BCUT2D eigenvalue weighted by Gasteiger charge is 1.84. The van der Waals surface area contributed by atoms with Gasteiger partial charge in [-0.05, 0) is 0 Å². The van der Waals surface area contributed by atoms with Crippen LogP contribution in [0.2, 0.25) is 0 Å². The molecule has 0 saturated carbocycles. The largest absolute Gasteiger partial charge is 0.319 e. The Hall–Kier alpha value is -0.340. The van der Waals surface area contributed by atoms with E-state index in [0.717, 1.165) is 0 Å². The Morgan fingerprint density at radius 2 is 2.14 bits per heavy atom. The van der Waals surface area contributed by atoms with Gasteiger partial charge in [0.15, 0.2) is 0 Å². The van der Waals surface area contributed by atoms with Gasteiger partial charge in [0.1, 0.15) is 6.29 Å².